The molecule has 5 atom stereocenters. The SMILES string of the molecule is CC1=N[C@H]2[C@@H](O1)O[C@](F)(CO)[C@@H](O)[C@@H]2O. The lowest BCUT2D eigenvalue weighted by atomic mass is 9.96. The third kappa shape index (κ3) is 1.51. The number of alkyl halides is 1. The highest BCUT2D eigenvalue weighted by molar-refractivity contribution is 5.75. The van der Waals surface area contributed by atoms with Gasteiger partial charge in [0.1, 0.15) is 24.9 Å². The number of ether oxygens (including phenoxy) is 2. The molecule has 1 saturated heterocycles. The average molecular weight is 221 g/mol. The molecule has 0 amide bonds. The maximum atomic E-state index is 13.7. The predicted molar refractivity (Wildman–Crippen MR) is 45.8 cm³/mol. The molecule has 86 valence electrons. The highest BCUT2D eigenvalue weighted by atomic mass is 19.2. The maximum Gasteiger partial charge on any atom is 0.264 e. The van der Waals surface area contributed by atoms with Gasteiger partial charge in [-0.3, -0.25) is 4.74 Å². The molecule has 0 unspecified atom stereocenters. The zero-order valence-electron chi connectivity index (χ0n) is 8.00. The monoisotopic (exact) mass is 221 g/mol. The van der Waals surface area contributed by atoms with E-state index >= 15 is 0 Å². The summed E-state index contributed by atoms with van der Waals surface area (Å²) < 4.78 is 23.4. The lowest BCUT2D eigenvalue weighted by molar-refractivity contribution is -0.333. The predicted octanol–water partition coefficient (Wildman–Crippen LogP) is -1.46. The van der Waals surface area contributed by atoms with Crippen LogP contribution in [0.2, 0.25) is 0 Å². The van der Waals surface area contributed by atoms with Crippen molar-refractivity contribution in [3.05, 3.63) is 0 Å². The molecular formula is C8H12FNO5. The quantitative estimate of drug-likeness (QED) is 0.503. The molecule has 2 rings (SSSR count). The van der Waals surface area contributed by atoms with Crippen molar-refractivity contribution in [1.29, 1.82) is 0 Å². The molecule has 0 spiro atoms. The van der Waals surface area contributed by atoms with E-state index in [2.05, 4.69) is 4.99 Å². The van der Waals surface area contributed by atoms with E-state index in [0.717, 1.165) is 0 Å². The van der Waals surface area contributed by atoms with Crippen LogP contribution in [0, 0.1) is 0 Å². The van der Waals surface area contributed by atoms with Crippen molar-refractivity contribution < 1.29 is 29.2 Å². The first-order chi connectivity index (χ1) is 6.98. The number of aliphatic imine (C=N–C) groups is 1. The molecule has 0 aromatic carbocycles. The number of nitrogens with zero attached hydrogens (tertiary/aromatic N) is 1. The zero-order chi connectivity index (χ0) is 11.2. The van der Waals surface area contributed by atoms with Crippen molar-refractivity contribution in [1.82, 2.24) is 0 Å². The fourth-order valence-corrected chi connectivity index (χ4v) is 1.71. The lowest BCUT2D eigenvalue weighted by Gasteiger charge is -2.40. The minimum atomic E-state index is -2.71. The van der Waals surface area contributed by atoms with Gasteiger partial charge in [-0.2, -0.15) is 0 Å². The minimum absolute atomic E-state index is 0.249. The van der Waals surface area contributed by atoms with Crippen LogP contribution in [0.5, 0.6) is 0 Å². The molecule has 1 fully saturated rings. The molecular weight excluding hydrogens is 209 g/mol. The zero-order valence-corrected chi connectivity index (χ0v) is 8.00. The van der Waals surface area contributed by atoms with Crippen molar-refractivity contribution in [2.24, 2.45) is 4.99 Å². The molecule has 7 heteroatoms. The number of aliphatic hydroxyl groups excluding tert-OH is 3. The first-order valence-electron chi connectivity index (χ1n) is 4.53. The number of halogens is 1. The van der Waals surface area contributed by atoms with Crippen molar-refractivity contribution >= 4 is 5.90 Å². The Kier molecular flexibility index (Phi) is 2.42. The van der Waals surface area contributed by atoms with Crippen LogP contribution >= 0.6 is 0 Å². The van der Waals surface area contributed by atoms with E-state index in [4.69, 9.17) is 14.6 Å². The van der Waals surface area contributed by atoms with Gasteiger partial charge >= 0.3 is 0 Å². The highest BCUT2D eigenvalue weighted by Crippen LogP contribution is 2.35. The van der Waals surface area contributed by atoms with E-state index in [-0.39, 0.29) is 5.90 Å². The fourth-order valence-electron chi connectivity index (χ4n) is 1.71. The van der Waals surface area contributed by atoms with Crippen LogP contribution in [0.1, 0.15) is 6.92 Å². The van der Waals surface area contributed by atoms with Gasteiger partial charge in [0, 0.05) is 6.92 Å². The molecule has 0 aromatic heterocycles. The molecule has 6 nitrogen and oxygen atoms in total. The van der Waals surface area contributed by atoms with Crippen LogP contribution in [-0.2, 0) is 9.47 Å². The second kappa shape index (κ2) is 3.38. The van der Waals surface area contributed by atoms with Gasteiger partial charge in [0.15, 0.2) is 5.90 Å². The van der Waals surface area contributed by atoms with Gasteiger partial charge < -0.3 is 20.1 Å². The first kappa shape index (κ1) is 10.7. The Labute approximate surface area is 85.0 Å². The average Bonchev–Trinajstić information content (AvgIpc) is 2.55. The van der Waals surface area contributed by atoms with Crippen LogP contribution in [-0.4, -0.2) is 58.2 Å². The van der Waals surface area contributed by atoms with Crippen LogP contribution in [0.4, 0.5) is 4.39 Å². The Balaban J connectivity index is 2.23. The largest absolute Gasteiger partial charge is 0.450 e. The van der Waals surface area contributed by atoms with Crippen molar-refractivity contribution in [3.63, 3.8) is 0 Å². The number of fused-ring (bicyclic) bond motifs is 1. The Morgan fingerprint density at radius 1 is 1.53 bits per heavy atom. The summed E-state index contributed by atoms with van der Waals surface area (Å²) >= 11 is 0. The number of hydrogen-bond acceptors (Lipinski definition) is 6. The molecule has 0 aliphatic carbocycles. The number of hydrogen-bond donors (Lipinski definition) is 3. The Bertz CT molecular complexity index is 299. The Hall–Kier alpha value is -0.760. The Morgan fingerprint density at radius 2 is 2.20 bits per heavy atom. The summed E-state index contributed by atoms with van der Waals surface area (Å²) in [6.07, 6.45) is -4.40. The van der Waals surface area contributed by atoms with Crippen molar-refractivity contribution in [2.75, 3.05) is 6.61 Å². The van der Waals surface area contributed by atoms with E-state index in [9.17, 15) is 14.6 Å². The van der Waals surface area contributed by atoms with Crippen molar-refractivity contribution in [3.8, 4) is 0 Å². The second-order valence-corrected chi connectivity index (χ2v) is 3.62. The van der Waals surface area contributed by atoms with Gasteiger partial charge in [0.25, 0.3) is 5.85 Å². The van der Waals surface area contributed by atoms with Gasteiger partial charge in [0.2, 0.25) is 6.29 Å². The molecule has 2 aliphatic heterocycles. The van der Waals surface area contributed by atoms with E-state index in [0.29, 0.717) is 0 Å². The Morgan fingerprint density at radius 3 is 2.80 bits per heavy atom. The smallest absolute Gasteiger partial charge is 0.264 e. The van der Waals surface area contributed by atoms with Gasteiger partial charge in [-0.1, -0.05) is 0 Å². The van der Waals surface area contributed by atoms with Crippen LogP contribution in [0.15, 0.2) is 4.99 Å². The normalized spacial score (nSPS) is 49.5. The molecule has 0 aromatic rings. The van der Waals surface area contributed by atoms with E-state index in [1.807, 2.05) is 0 Å². The molecule has 2 heterocycles. The summed E-state index contributed by atoms with van der Waals surface area (Å²) in [5, 5.41) is 27.7. The van der Waals surface area contributed by atoms with E-state index < -0.39 is 37.0 Å². The third-order valence-electron chi connectivity index (χ3n) is 2.54. The fraction of sp³-hybridized carbons (Fsp3) is 0.875. The first-order valence-corrected chi connectivity index (χ1v) is 4.53. The van der Waals surface area contributed by atoms with Gasteiger partial charge in [-0.25, -0.2) is 9.38 Å². The molecule has 0 saturated carbocycles. The van der Waals surface area contributed by atoms with Gasteiger partial charge in [-0.15, -0.1) is 0 Å². The van der Waals surface area contributed by atoms with Crippen LogP contribution < -0.4 is 0 Å². The summed E-state index contributed by atoms with van der Waals surface area (Å²) in [6.45, 7) is 0.469. The summed E-state index contributed by atoms with van der Waals surface area (Å²) in [5.41, 5.74) is 0. The summed E-state index contributed by atoms with van der Waals surface area (Å²) in [6, 6.07) is -0.851. The van der Waals surface area contributed by atoms with E-state index in [1.165, 1.54) is 6.92 Å². The van der Waals surface area contributed by atoms with Crippen LogP contribution in [0.25, 0.3) is 0 Å². The van der Waals surface area contributed by atoms with Crippen LogP contribution in [0.3, 0.4) is 0 Å². The summed E-state index contributed by atoms with van der Waals surface area (Å²) in [7, 11) is 0. The molecule has 3 N–H and O–H groups in total. The third-order valence-corrected chi connectivity index (χ3v) is 2.54. The van der Waals surface area contributed by atoms with E-state index in [1.54, 1.807) is 0 Å². The number of rotatable bonds is 1. The maximum absolute atomic E-state index is 13.7. The van der Waals surface area contributed by atoms with Gasteiger partial charge in [-0.05, 0) is 0 Å². The minimum Gasteiger partial charge on any atom is -0.450 e. The molecule has 2 aliphatic rings. The summed E-state index contributed by atoms with van der Waals surface area (Å²) in [4.78, 5) is 3.85. The lowest BCUT2D eigenvalue weighted by Crippen LogP contribution is -2.62. The highest BCUT2D eigenvalue weighted by Gasteiger charge is 2.57. The van der Waals surface area contributed by atoms with Crippen molar-refractivity contribution in [2.45, 2.75) is 37.3 Å². The van der Waals surface area contributed by atoms with Gasteiger partial charge in [0.05, 0.1) is 0 Å². The molecule has 0 bridgehead atoms. The molecule has 0 radical (unpaired) electrons. The second-order valence-electron chi connectivity index (χ2n) is 3.62. The topological polar surface area (TPSA) is 91.5 Å². The molecule has 15 heavy (non-hydrogen) atoms. The number of aliphatic hydroxyl groups is 3. The summed E-state index contributed by atoms with van der Waals surface area (Å²) in [5.74, 6) is -2.46. The standard InChI is InChI=1S/C8H12FNO5/c1-3-10-4-5(12)6(13)8(9,2-11)15-7(4)14-3/h4-7,11-13H,2H2,1H3/t4-,5-,6+,7+,8-/m1/s1.